The molecule has 0 amide bonds. The van der Waals surface area contributed by atoms with Crippen molar-refractivity contribution in [1.29, 1.82) is 0 Å². The topological polar surface area (TPSA) is 112 Å². The molecular weight excluding hydrogens is 298 g/mol. The Kier molecular flexibility index (Phi) is 8.23. The average Bonchev–Trinajstić information content (AvgIpc) is 2.46. The molecule has 0 saturated carbocycles. The summed E-state index contributed by atoms with van der Waals surface area (Å²) in [7, 11) is 11.5. The maximum absolute atomic E-state index is 10.0. The van der Waals surface area contributed by atoms with Gasteiger partial charge in [0, 0.05) is 42.3 Å². The van der Waals surface area contributed by atoms with Gasteiger partial charge in [0.1, 0.15) is 6.04 Å². The number of nitrogens with two attached hydrogens (primary N) is 1. The first-order valence-electron chi connectivity index (χ1n) is 7.23. The molecule has 0 aliphatic rings. The maximum Gasteiger partial charge on any atom is 0.320 e. The predicted molar refractivity (Wildman–Crippen MR) is 93.3 cm³/mol. The summed E-state index contributed by atoms with van der Waals surface area (Å²) in [5, 5.41) is 8.23. The van der Waals surface area contributed by atoms with Gasteiger partial charge in [-0.25, -0.2) is 0 Å². The largest absolute Gasteiger partial charge is 0.480 e. The molecule has 0 unspecified atom stereocenters. The van der Waals surface area contributed by atoms with Gasteiger partial charge in [0.15, 0.2) is 0 Å². The molecule has 1 rings (SSSR count). The van der Waals surface area contributed by atoms with Gasteiger partial charge in [0.05, 0.1) is 0 Å². The van der Waals surface area contributed by atoms with Crippen molar-refractivity contribution in [2.75, 3.05) is 57.0 Å². The van der Waals surface area contributed by atoms with Gasteiger partial charge in [-0.3, -0.25) is 4.79 Å². The smallest absolute Gasteiger partial charge is 0.320 e. The Hall–Kier alpha value is -2.16. The summed E-state index contributed by atoms with van der Waals surface area (Å²) in [4.78, 5) is 28.6. The van der Waals surface area contributed by atoms with Crippen LogP contribution in [0.4, 0.5) is 17.8 Å². The average molecular weight is 327 g/mol. The zero-order valence-electron chi connectivity index (χ0n) is 15.3. The van der Waals surface area contributed by atoms with Crippen LogP contribution in [0.2, 0.25) is 0 Å². The number of aliphatic carboxylic acids is 1. The standard InChI is InChI=1S/C9H18N6.C5H11NO2/c1-13(2)7-10-8(14(3)4)12-9(11-7)15(5)6;1-3(2)4(6)5(7)8/h1-6H3;3-4H,6H2,1-2H3,(H,7,8)/t;4-/m.0/s1. The summed E-state index contributed by atoms with van der Waals surface area (Å²) in [5.74, 6) is 1.08. The number of anilines is 3. The number of rotatable bonds is 5. The van der Waals surface area contributed by atoms with Gasteiger partial charge in [0.2, 0.25) is 17.8 Å². The molecule has 0 aromatic carbocycles. The first-order chi connectivity index (χ1) is 10.5. The fourth-order valence-electron chi connectivity index (χ4n) is 1.23. The summed E-state index contributed by atoms with van der Waals surface area (Å²) in [6.45, 7) is 3.55. The van der Waals surface area contributed by atoms with E-state index in [-0.39, 0.29) is 5.92 Å². The molecule has 0 fully saturated rings. The SMILES string of the molecule is CC(C)[C@H](N)C(=O)O.CN(C)c1nc(N(C)C)nc(N(C)C)n1. The van der Waals surface area contributed by atoms with Crippen molar-refractivity contribution in [2.45, 2.75) is 19.9 Å². The molecule has 0 aliphatic carbocycles. The first-order valence-corrected chi connectivity index (χ1v) is 7.23. The lowest BCUT2D eigenvalue weighted by Crippen LogP contribution is -2.34. The number of carboxylic acid groups (broad SMARTS) is 1. The maximum atomic E-state index is 10.0. The van der Waals surface area contributed by atoms with Crippen LogP contribution >= 0.6 is 0 Å². The molecule has 1 aromatic heterocycles. The number of carboxylic acids is 1. The minimum absolute atomic E-state index is 0.0208. The number of carbonyl (C=O) groups is 1. The van der Waals surface area contributed by atoms with Gasteiger partial charge in [-0.2, -0.15) is 15.0 Å². The number of hydrogen-bond donors (Lipinski definition) is 2. The Bertz CT molecular complexity index is 439. The van der Waals surface area contributed by atoms with Crippen LogP contribution in [0.3, 0.4) is 0 Å². The lowest BCUT2D eigenvalue weighted by Gasteiger charge is -2.18. The van der Waals surface area contributed by atoms with Gasteiger partial charge in [-0.15, -0.1) is 0 Å². The molecular formula is C14H29N7O2. The van der Waals surface area contributed by atoms with Crippen LogP contribution in [0.15, 0.2) is 0 Å². The minimum atomic E-state index is -0.931. The Morgan fingerprint density at radius 1 is 0.870 bits per heavy atom. The highest BCUT2D eigenvalue weighted by Crippen LogP contribution is 2.14. The molecule has 0 bridgehead atoms. The first kappa shape index (κ1) is 20.8. The highest BCUT2D eigenvalue weighted by atomic mass is 16.4. The predicted octanol–water partition coefficient (Wildman–Crippen LogP) is 0.124. The van der Waals surface area contributed by atoms with Gasteiger partial charge in [-0.1, -0.05) is 13.8 Å². The van der Waals surface area contributed by atoms with Crippen molar-refractivity contribution in [1.82, 2.24) is 15.0 Å². The molecule has 0 spiro atoms. The summed E-state index contributed by atoms with van der Waals surface area (Å²) >= 11 is 0. The molecule has 23 heavy (non-hydrogen) atoms. The van der Waals surface area contributed by atoms with Crippen molar-refractivity contribution in [3.63, 3.8) is 0 Å². The number of nitrogens with zero attached hydrogens (tertiary/aromatic N) is 6. The van der Waals surface area contributed by atoms with E-state index in [1.807, 2.05) is 57.0 Å². The zero-order chi connectivity index (χ0) is 18.3. The van der Waals surface area contributed by atoms with E-state index in [9.17, 15) is 4.79 Å². The number of hydrogen-bond acceptors (Lipinski definition) is 8. The lowest BCUT2D eigenvalue weighted by atomic mass is 10.1. The summed E-state index contributed by atoms with van der Waals surface area (Å²) < 4.78 is 0. The van der Waals surface area contributed by atoms with Crippen molar-refractivity contribution in [2.24, 2.45) is 11.7 Å². The second kappa shape index (κ2) is 9.09. The van der Waals surface area contributed by atoms with Crippen LogP contribution in [0, 0.1) is 5.92 Å². The van der Waals surface area contributed by atoms with Crippen molar-refractivity contribution in [3.8, 4) is 0 Å². The fourth-order valence-corrected chi connectivity index (χ4v) is 1.23. The van der Waals surface area contributed by atoms with E-state index >= 15 is 0 Å². The Morgan fingerprint density at radius 2 is 1.13 bits per heavy atom. The molecule has 0 saturated heterocycles. The van der Waals surface area contributed by atoms with E-state index < -0.39 is 12.0 Å². The highest BCUT2D eigenvalue weighted by Gasteiger charge is 2.14. The third kappa shape index (κ3) is 7.09. The molecule has 1 atom stereocenters. The van der Waals surface area contributed by atoms with Gasteiger partial charge in [0.25, 0.3) is 0 Å². The van der Waals surface area contributed by atoms with Gasteiger partial charge >= 0.3 is 5.97 Å². The van der Waals surface area contributed by atoms with Crippen LogP contribution < -0.4 is 20.4 Å². The second-order valence-corrected chi connectivity index (χ2v) is 6.03. The van der Waals surface area contributed by atoms with Crippen LogP contribution in [0.5, 0.6) is 0 Å². The van der Waals surface area contributed by atoms with Crippen LogP contribution in [0.1, 0.15) is 13.8 Å². The van der Waals surface area contributed by atoms with Gasteiger partial charge < -0.3 is 25.5 Å². The van der Waals surface area contributed by atoms with E-state index in [0.29, 0.717) is 17.8 Å². The monoisotopic (exact) mass is 327 g/mol. The molecule has 0 aliphatic heterocycles. The van der Waals surface area contributed by atoms with Crippen LogP contribution in [0.25, 0.3) is 0 Å². The molecule has 1 aromatic rings. The molecule has 0 radical (unpaired) electrons. The molecule has 1 heterocycles. The van der Waals surface area contributed by atoms with Crippen molar-refractivity contribution >= 4 is 23.8 Å². The molecule has 3 N–H and O–H groups in total. The second-order valence-electron chi connectivity index (χ2n) is 6.03. The van der Waals surface area contributed by atoms with Crippen molar-refractivity contribution < 1.29 is 9.90 Å². The minimum Gasteiger partial charge on any atom is -0.480 e. The Morgan fingerprint density at radius 3 is 1.22 bits per heavy atom. The normalized spacial score (nSPS) is 11.4. The summed E-state index contributed by atoms with van der Waals surface area (Å²) in [6.07, 6.45) is 0. The van der Waals surface area contributed by atoms with Gasteiger partial charge in [-0.05, 0) is 5.92 Å². The Labute approximate surface area is 138 Å². The van der Waals surface area contributed by atoms with E-state index in [1.54, 1.807) is 13.8 Å². The third-order valence-electron chi connectivity index (χ3n) is 2.80. The Balaban J connectivity index is 0.000000515. The van der Waals surface area contributed by atoms with Crippen LogP contribution in [-0.4, -0.2) is 74.4 Å². The summed E-state index contributed by atoms with van der Waals surface area (Å²) in [5.41, 5.74) is 5.16. The van der Waals surface area contributed by atoms with E-state index in [0.717, 1.165) is 0 Å². The van der Waals surface area contributed by atoms with E-state index in [2.05, 4.69) is 15.0 Å². The molecule has 9 nitrogen and oxygen atoms in total. The fraction of sp³-hybridized carbons (Fsp3) is 0.714. The van der Waals surface area contributed by atoms with Crippen LogP contribution in [-0.2, 0) is 4.79 Å². The number of aromatic nitrogens is 3. The molecule has 9 heteroatoms. The summed E-state index contributed by atoms with van der Waals surface area (Å²) in [6, 6.07) is -0.713. The van der Waals surface area contributed by atoms with E-state index in [4.69, 9.17) is 10.8 Å². The highest BCUT2D eigenvalue weighted by molar-refractivity contribution is 5.73. The third-order valence-corrected chi connectivity index (χ3v) is 2.80. The van der Waals surface area contributed by atoms with Crippen molar-refractivity contribution in [3.05, 3.63) is 0 Å². The lowest BCUT2D eigenvalue weighted by molar-refractivity contribution is -0.139. The van der Waals surface area contributed by atoms with E-state index in [1.165, 1.54) is 0 Å². The molecule has 132 valence electrons. The zero-order valence-corrected chi connectivity index (χ0v) is 15.3. The quantitative estimate of drug-likeness (QED) is 0.779.